The van der Waals surface area contributed by atoms with Crippen molar-refractivity contribution in [3.05, 3.63) is 90.0 Å². The van der Waals surface area contributed by atoms with Crippen LogP contribution in [0.3, 0.4) is 0 Å². The van der Waals surface area contributed by atoms with Crippen LogP contribution in [0.4, 0.5) is 5.69 Å². The molecule has 1 N–H and O–H groups in total. The molecule has 2 amide bonds. The largest absolute Gasteiger partial charge is 0.454 e. The molecule has 0 aromatic heterocycles. The molecule has 1 aliphatic heterocycles. The minimum absolute atomic E-state index is 0.0388. The summed E-state index contributed by atoms with van der Waals surface area (Å²) in [4.78, 5) is 29.1. The second-order valence-corrected chi connectivity index (χ2v) is 11.6. The Bertz CT molecular complexity index is 1400. The summed E-state index contributed by atoms with van der Waals surface area (Å²) in [5.74, 6) is -0.0831. The molecule has 1 atom stereocenters. The van der Waals surface area contributed by atoms with E-state index >= 15 is 0 Å². The van der Waals surface area contributed by atoms with Gasteiger partial charge in [-0.3, -0.25) is 13.9 Å². The van der Waals surface area contributed by atoms with E-state index in [1.165, 1.54) is 11.8 Å². The third kappa shape index (κ3) is 7.12. The Kier molecular flexibility index (Phi) is 9.65. The van der Waals surface area contributed by atoms with E-state index in [2.05, 4.69) is 5.32 Å². The van der Waals surface area contributed by atoms with Gasteiger partial charge >= 0.3 is 0 Å². The van der Waals surface area contributed by atoms with Crippen LogP contribution in [0.15, 0.2) is 78.9 Å². The molecule has 0 saturated heterocycles. The van der Waals surface area contributed by atoms with Crippen molar-refractivity contribution in [1.29, 1.82) is 0 Å². The SMILES string of the molecule is CCCNC(=O)C(Cc1ccccc1)N(Cc1ccccc1)C(=O)CN(c1ccc2c(c1)OCO2)S(=O)(=O)CC. The van der Waals surface area contributed by atoms with Gasteiger partial charge in [0.2, 0.25) is 28.6 Å². The highest BCUT2D eigenvalue weighted by atomic mass is 32.2. The Morgan fingerprint density at radius 1 is 0.900 bits per heavy atom. The summed E-state index contributed by atoms with van der Waals surface area (Å²) in [6.07, 6.45) is 1.02. The lowest BCUT2D eigenvalue weighted by Crippen LogP contribution is -2.53. The van der Waals surface area contributed by atoms with Gasteiger partial charge in [0.25, 0.3) is 0 Å². The van der Waals surface area contributed by atoms with E-state index in [0.717, 1.165) is 21.9 Å². The van der Waals surface area contributed by atoms with Crippen LogP contribution in [0, 0.1) is 0 Å². The first-order valence-electron chi connectivity index (χ1n) is 13.4. The number of ether oxygens (including phenoxy) is 2. The minimum atomic E-state index is -3.86. The maximum absolute atomic E-state index is 14.1. The maximum atomic E-state index is 14.1. The van der Waals surface area contributed by atoms with Crippen molar-refractivity contribution in [1.82, 2.24) is 10.2 Å². The topological polar surface area (TPSA) is 105 Å². The summed E-state index contributed by atoms with van der Waals surface area (Å²) in [7, 11) is -3.86. The smallest absolute Gasteiger partial charge is 0.244 e. The minimum Gasteiger partial charge on any atom is -0.454 e. The Morgan fingerprint density at radius 3 is 2.20 bits per heavy atom. The second kappa shape index (κ2) is 13.3. The molecular weight excluding hydrogens is 530 g/mol. The molecular formula is C30H35N3O6S. The van der Waals surface area contributed by atoms with Crippen molar-refractivity contribution in [3.8, 4) is 11.5 Å². The molecule has 3 aromatic carbocycles. The van der Waals surface area contributed by atoms with Gasteiger partial charge in [-0.25, -0.2) is 8.42 Å². The van der Waals surface area contributed by atoms with E-state index in [9.17, 15) is 18.0 Å². The van der Waals surface area contributed by atoms with Crippen LogP contribution in [-0.2, 0) is 32.6 Å². The zero-order valence-corrected chi connectivity index (χ0v) is 23.6. The number of sulfonamides is 1. The molecule has 1 unspecified atom stereocenters. The van der Waals surface area contributed by atoms with Crippen molar-refractivity contribution in [2.24, 2.45) is 0 Å². The van der Waals surface area contributed by atoms with Gasteiger partial charge in [0, 0.05) is 25.6 Å². The zero-order chi connectivity index (χ0) is 28.5. The number of fused-ring (bicyclic) bond motifs is 1. The summed E-state index contributed by atoms with van der Waals surface area (Å²) in [6.45, 7) is 3.64. The highest BCUT2D eigenvalue weighted by Crippen LogP contribution is 2.36. The third-order valence-corrected chi connectivity index (χ3v) is 8.38. The molecule has 3 aromatic rings. The van der Waals surface area contributed by atoms with Gasteiger partial charge in [-0.1, -0.05) is 67.6 Å². The molecule has 0 fully saturated rings. The van der Waals surface area contributed by atoms with Gasteiger partial charge in [0.05, 0.1) is 11.4 Å². The van der Waals surface area contributed by atoms with Crippen molar-refractivity contribution >= 4 is 27.5 Å². The Labute approximate surface area is 235 Å². The van der Waals surface area contributed by atoms with Crippen molar-refractivity contribution in [3.63, 3.8) is 0 Å². The van der Waals surface area contributed by atoms with Crippen LogP contribution < -0.4 is 19.1 Å². The predicted molar refractivity (Wildman–Crippen MR) is 154 cm³/mol. The van der Waals surface area contributed by atoms with Gasteiger partial charge < -0.3 is 19.7 Å². The van der Waals surface area contributed by atoms with Gasteiger partial charge in [-0.15, -0.1) is 0 Å². The second-order valence-electron chi connectivity index (χ2n) is 9.45. The highest BCUT2D eigenvalue weighted by Gasteiger charge is 2.34. The van der Waals surface area contributed by atoms with E-state index in [4.69, 9.17) is 9.47 Å². The molecule has 0 aliphatic carbocycles. The predicted octanol–water partition coefficient (Wildman–Crippen LogP) is 3.74. The molecule has 0 bridgehead atoms. The van der Waals surface area contributed by atoms with Crippen LogP contribution in [0.1, 0.15) is 31.4 Å². The molecule has 212 valence electrons. The van der Waals surface area contributed by atoms with Crippen LogP contribution in [-0.4, -0.2) is 56.8 Å². The van der Waals surface area contributed by atoms with Gasteiger partial charge in [-0.05, 0) is 36.6 Å². The lowest BCUT2D eigenvalue weighted by Gasteiger charge is -2.33. The first kappa shape index (κ1) is 28.9. The Hall–Kier alpha value is -4.05. The van der Waals surface area contributed by atoms with E-state index < -0.39 is 28.5 Å². The van der Waals surface area contributed by atoms with Gasteiger partial charge in [0.1, 0.15) is 12.6 Å². The van der Waals surface area contributed by atoms with Crippen LogP contribution in [0.5, 0.6) is 11.5 Å². The number of hydrogen-bond acceptors (Lipinski definition) is 6. The number of rotatable bonds is 13. The van der Waals surface area contributed by atoms with E-state index in [-0.39, 0.29) is 37.1 Å². The van der Waals surface area contributed by atoms with E-state index in [1.807, 2.05) is 67.6 Å². The van der Waals surface area contributed by atoms with Crippen LogP contribution in [0.2, 0.25) is 0 Å². The molecule has 40 heavy (non-hydrogen) atoms. The summed E-state index contributed by atoms with van der Waals surface area (Å²) in [6, 6.07) is 22.7. The summed E-state index contributed by atoms with van der Waals surface area (Å²) >= 11 is 0. The quantitative estimate of drug-likeness (QED) is 0.339. The van der Waals surface area contributed by atoms with Crippen molar-refractivity contribution in [2.75, 3.05) is 29.9 Å². The fourth-order valence-electron chi connectivity index (χ4n) is 4.46. The summed E-state index contributed by atoms with van der Waals surface area (Å²) in [5, 5.41) is 2.93. The van der Waals surface area contributed by atoms with Crippen molar-refractivity contribution < 1.29 is 27.5 Å². The lowest BCUT2D eigenvalue weighted by molar-refractivity contribution is -0.140. The summed E-state index contributed by atoms with van der Waals surface area (Å²) < 4.78 is 38.4. The zero-order valence-electron chi connectivity index (χ0n) is 22.8. The average molecular weight is 566 g/mol. The number of nitrogens with zero attached hydrogens (tertiary/aromatic N) is 2. The van der Waals surface area contributed by atoms with Gasteiger partial charge in [0.15, 0.2) is 11.5 Å². The van der Waals surface area contributed by atoms with Crippen LogP contribution in [0.25, 0.3) is 0 Å². The molecule has 9 nitrogen and oxygen atoms in total. The van der Waals surface area contributed by atoms with Crippen LogP contribution >= 0.6 is 0 Å². The molecule has 0 spiro atoms. The molecule has 4 rings (SSSR count). The highest BCUT2D eigenvalue weighted by molar-refractivity contribution is 7.92. The summed E-state index contributed by atoms with van der Waals surface area (Å²) in [5.41, 5.74) is 2.00. The molecule has 1 aliphatic rings. The Balaban J connectivity index is 1.72. The molecule has 10 heteroatoms. The molecule has 1 heterocycles. The van der Waals surface area contributed by atoms with Crippen molar-refractivity contribution in [2.45, 2.75) is 39.3 Å². The third-order valence-electron chi connectivity index (χ3n) is 6.64. The number of anilines is 1. The normalized spacial score (nSPS) is 12.9. The van der Waals surface area contributed by atoms with E-state index in [0.29, 0.717) is 18.0 Å². The first-order chi connectivity index (χ1) is 19.3. The number of nitrogens with one attached hydrogen (secondary N) is 1. The number of carbonyl (C=O) groups excluding carboxylic acids is 2. The standard InChI is InChI=1S/C30H35N3O6S/c1-3-17-31-30(35)26(18-23-11-7-5-8-12-23)32(20-24-13-9-6-10-14-24)29(34)21-33(40(36,37)4-2)25-15-16-27-28(19-25)39-22-38-27/h5-16,19,26H,3-4,17-18,20-22H2,1-2H3,(H,31,35). The molecule has 0 saturated carbocycles. The fourth-order valence-corrected chi connectivity index (χ4v) is 5.51. The first-order valence-corrected chi connectivity index (χ1v) is 15.0. The fraction of sp³-hybridized carbons (Fsp3) is 0.333. The number of benzene rings is 3. The maximum Gasteiger partial charge on any atom is 0.244 e. The lowest BCUT2D eigenvalue weighted by atomic mass is 10.0. The van der Waals surface area contributed by atoms with Gasteiger partial charge in [-0.2, -0.15) is 0 Å². The van der Waals surface area contributed by atoms with E-state index in [1.54, 1.807) is 18.2 Å². The monoisotopic (exact) mass is 565 g/mol. The number of hydrogen-bond donors (Lipinski definition) is 1. The molecule has 0 radical (unpaired) electrons. The Morgan fingerprint density at radius 2 is 1.55 bits per heavy atom. The number of carbonyl (C=O) groups is 2. The average Bonchev–Trinajstić information content (AvgIpc) is 3.45. The number of amides is 2.